The maximum absolute atomic E-state index is 11.9. The molecule has 0 saturated heterocycles. The van der Waals surface area contributed by atoms with Gasteiger partial charge in [-0.05, 0) is 41.8 Å². The fourth-order valence-corrected chi connectivity index (χ4v) is 2.09. The number of methoxy groups -OCH3 is 1. The number of phenolic OH excluding ortho intramolecular Hbond substituents is 2. The van der Waals surface area contributed by atoms with Gasteiger partial charge in [-0.3, -0.25) is 4.79 Å². The summed E-state index contributed by atoms with van der Waals surface area (Å²) >= 11 is 0. The highest BCUT2D eigenvalue weighted by Gasteiger charge is 2.07. The number of phenols is 2. The molecule has 0 radical (unpaired) electrons. The lowest BCUT2D eigenvalue weighted by atomic mass is 10.1. The van der Waals surface area contributed by atoms with Gasteiger partial charge in [0, 0.05) is 6.54 Å². The van der Waals surface area contributed by atoms with Crippen LogP contribution in [0.3, 0.4) is 0 Å². The van der Waals surface area contributed by atoms with Crippen LogP contribution < -0.4 is 10.1 Å². The highest BCUT2D eigenvalue weighted by molar-refractivity contribution is 5.78. The molecule has 3 N–H and O–H groups in total. The van der Waals surface area contributed by atoms with Gasteiger partial charge in [-0.2, -0.15) is 0 Å². The minimum Gasteiger partial charge on any atom is -0.508 e. The average molecular weight is 301 g/mol. The number of amides is 1. The molecule has 0 saturated carbocycles. The summed E-state index contributed by atoms with van der Waals surface area (Å²) in [7, 11) is 1.47. The van der Waals surface area contributed by atoms with E-state index in [9.17, 15) is 15.0 Å². The molecule has 5 nitrogen and oxygen atoms in total. The zero-order valence-electron chi connectivity index (χ0n) is 12.4. The molecule has 0 bridgehead atoms. The van der Waals surface area contributed by atoms with Crippen LogP contribution in [0, 0.1) is 0 Å². The standard InChI is InChI=1S/C17H19NO4/c1-22-16-10-13(4-7-15(16)20)11-17(21)18-9-8-12-2-5-14(19)6-3-12/h2-7,10,19-20H,8-9,11H2,1H3,(H,18,21). The van der Waals surface area contributed by atoms with E-state index in [0.717, 1.165) is 11.1 Å². The largest absolute Gasteiger partial charge is 0.508 e. The quantitative estimate of drug-likeness (QED) is 0.762. The van der Waals surface area contributed by atoms with Crippen molar-refractivity contribution in [3.63, 3.8) is 0 Å². The third kappa shape index (κ3) is 4.41. The van der Waals surface area contributed by atoms with Gasteiger partial charge >= 0.3 is 0 Å². The van der Waals surface area contributed by atoms with Crippen molar-refractivity contribution in [3.05, 3.63) is 53.6 Å². The number of benzene rings is 2. The van der Waals surface area contributed by atoms with E-state index in [-0.39, 0.29) is 23.8 Å². The number of carbonyl (C=O) groups excluding carboxylic acids is 1. The van der Waals surface area contributed by atoms with Crippen molar-refractivity contribution in [2.24, 2.45) is 0 Å². The van der Waals surface area contributed by atoms with E-state index in [1.807, 2.05) is 12.1 Å². The van der Waals surface area contributed by atoms with Gasteiger partial charge in [0.1, 0.15) is 5.75 Å². The maximum Gasteiger partial charge on any atom is 0.224 e. The summed E-state index contributed by atoms with van der Waals surface area (Å²) in [5.74, 6) is 0.550. The van der Waals surface area contributed by atoms with Crippen molar-refractivity contribution in [3.8, 4) is 17.2 Å². The van der Waals surface area contributed by atoms with Gasteiger partial charge in [0.15, 0.2) is 11.5 Å². The number of carbonyl (C=O) groups is 1. The predicted molar refractivity (Wildman–Crippen MR) is 83.2 cm³/mol. The van der Waals surface area contributed by atoms with Crippen LogP contribution >= 0.6 is 0 Å². The van der Waals surface area contributed by atoms with Crippen LogP contribution in [0.25, 0.3) is 0 Å². The van der Waals surface area contributed by atoms with Crippen LogP contribution in [0.1, 0.15) is 11.1 Å². The molecule has 0 unspecified atom stereocenters. The second-order valence-corrected chi connectivity index (χ2v) is 4.95. The third-order valence-electron chi connectivity index (χ3n) is 3.28. The lowest BCUT2D eigenvalue weighted by molar-refractivity contribution is -0.120. The molecule has 0 aromatic heterocycles. The molecule has 0 fully saturated rings. The van der Waals surface area contributed by atoms with Crippen molar-refractivity contribution in [1.29, 1.82) is 0 Å². The first-order valence-corrected chi connectivity index (χ1v) is 6.99. The Morgan fingerprint density at radius 2 is 1.77 bits per heavy atom. The van der Waals surface area contributed by atoms with Crippen molar-refractivity contribution < 1.29 is 19.7 Å². The van der Waals surface area contributed by atoms with Crippen molar-refractivity contribution in [2.75, 3.05) is 13.7 Å². The van der Waals surface area contributed by atoms with Gasteiger partial charge in [0.25, 0.3) is 0 Å². The molecule has 5 heteroatoms. The molecule has 0 atom stereocenters. The molecule has 0 heterocycles. The summed E-state index contributed by atoms with van der Waals surface area (Å²) < 4.78 is 5.01. The molecule has 2 aromatic carbocycles. The summed E-state index contributed by atoms with van der Waals surface area (Å²) in [6, 6.07) is 11.8. The Bertz CT molecular complexity index is 638. The molecule has 0 aliphatic carbocycles. The molecular weight excluding hydrogens is 282 g/mol. The normalized spacial score (nSPS) is 10.2. The molecule has 2 rings (SSSR count). The highest BCUT2D eigenvalue weighted by atomic mass is 16.5. The first kappa shape index (κ1) is 15.7. The monoisotopic (exact) mass is 301 g/mol. The van der Waals surface area contributed by atoms with Gasteiger partial charge in [-0.1, -0.05) is 18.2 Å². The first-order chi connectivity index (χ1) is 10.6. The summed E-state index contributed by atoms with van der Waals surface area (Å²) in [6.07, 6.45) is 0.928. The van der Waals surface area contributed by atoms with E-state index in [1.165, 1.54) is 13.2 Å². The Balaban J connectivity index is 1.81. The first-order valence-electron chi connectivity index (χ1n) is 6.99. The smallest absolute Gasteiger partial charge is 0.224 e. The van der Waals surface area contributed by atoms with E-state index in [0.29, 0.717) is 18.7 Å². The second kappa shape index (κ2) is 7.36. The number of hydrogen-bond acceptors (Lipinski definition) is 4. The Kier molecular flexibility index (Phi) is 5.25. The molecule has 1 amide bonds. The molecule has 0 aliphatic heterocycles. The van der Waals surface area contributed by atoms with Gasteiger partial charge in [0.05, 0.1) is 13.5 Å². The Labute approximate surface area is 129 Å². The minimum atomic E-state index is -0.0912. The molecule has 2 aromatic rings. The predicted octanol–water partition coefficient (Wildman–Crippen LogP) is 2.01. The van der Waals surface area contributed by atoms with E-state index < -0.39 is 0 Å². The molecule has 116 valence electrons. The summed E-state index contributed by atoms with van der Waals surface area (Å²) in [4.78, 5) is 11.9. The van der Waals surface area contributed by atoms with Crippen LogP contribution in [0.5, 0.6) is 17.2 Å². The number of nitrogens with one attached hydrogen (secondary N) is 1. The van der Waals surface area contributed by atoms with E-state index >= 15 is 0 Å². The number of hydrogen-bond donors (Lipinski definition) is 3. The van der Waals surface area contributed by atoms with Crippen LogP contribution in [0.15, 0.2) is 42.5 Å². The summed E-state index contributed by atoms with van der Waals surface area (Å²) in [5, 5.41) is 21.6. The van der Waals surface area contributed by atoms with Crippen LogP contribution in [-0.2, 0) is 17.6 Å². The molecule has 0 aliphatic rings. The zero-order valence-corrected chi connectivity index (χ0v) is 12.4. The molecule has 22 heavy (non-hydrogen) atoms. The van der Waals surface area contributed by atoms with Crippen molar-refractivity contribution in [2.45, 2.75) is 12.8 Å². The Morgan fingerprint density at radius 1 is 1.09 bits per heavy atom. The maximum atomic E-state index is 11.9. The van der Waals surface area contributed by atoms with Crippen LogP contribution in [0.4, 0.5) is 0 Å². The molecular formula is C17H19NO4. The summed E-state index contributed by atoms with van der Waals surface area (Å²) in [6.45, 7) is 0.527. The fourth-order valence-electron chi connectivity index (χ4n) is 2.09. The average Bonchev–Trinajstić information content (AvgIpc) is 2.51. The fraction of sp³-hybridized carbons (Fsp3) is 0.235. The second-order valence-electron chi connectivity index (χ2n) is 4.95. The molecule has 0 spiro atoms. The lowest BCUT2D eigenvalue weighted by Crippen LogP contribution is -2.27. The van der Waals surface area contributed by atoms with Gasteiger partial charge in [-0.25, -0.2) is 0 Å². The number of aromatic hydroxyl groups is 2. The topological polar surface area (TPSA) is 78.8 Å². The van der Waals surface area contributed by atoms with Gasteiger partial charge in [-0.15, -0.1) is 0 Å². The van der Waals surface area contributed by atoms with Crippen LogP contribution in [0.2, 0.25) is 0 Å². The SMILES string of the molecule is COc1cc(CC(=O)NCCc2ccc(O)cc2)ccc1O. The minimum absolute atomic E-state index is 0.0546. The van der Waals surface area contributed by atoms with E-state index in [1.54, 1.807) is 24.3 Å². The summed E-state index contributed by atoms with van der Waals surface area (Å²) in [5.41, 5.74) is 1.82. The zero-order chi connectivity index (χ0) is 15.9. The highest BCUT2D eigenvalue weighted by Crippen LogP contribution is 2.26. The van der Waals surface area contributed by atoms with Gasteiger partial charge in [0.2, 0.25) is 5.91 Å². The van der Waals surface area contributed by atoms with Crippen molar-refractivity contribution >= 4 is 5.91 Å². The number of rotatable bonds is 6. The Morgan fingerprint density at radius 3 is 2.45 bits per heavy atom. The third-order valence-corrected chi connectivity index (χ3v) is 3.28. The van der Waals surface area contributed by atoms with Gasteiger partial charge < -0.3 is 20.3 Å². The lowest BCUT2D eigenvalue weighted by Gasteiger charge is -2.08. The van der Waals surface area contributed by atoms with E-state index in [2.05, 4.69) is 5.32 Å². The van der Waals surface area contributed by atoms with Crippen LogP contribution in [-0.4, -0.2) is 29.8 Å². The Hall–Kier alpha value is -2.69. The van der Waals surface area contributed by atoms with Crippen molar-refractivity contribution in [1.82, 2.24) is 5.32 Å². The van der Waals surface area contributed by atoms with E-state index in [4.69, 9.17) is 4.74 Å². The number of ether oxygens (including phenoxy) is 1.